The van der Waals surface area contributed by atoms with Gasteiger partial charge in [0.05, 0.1) is 18.9 Å². The highest BCUT2D eigenvalue weighted by atomic mass is 16.5. The second kappa shape index (κ2) is 6.71. The van der Waals surface area contributed by atoms with E-state index in [1.807, 2.05) is 19.1 Å². The van der Waals surface area contributed by atoms with Gasteiger partial charge in [-0.2, -0.15) is 0 Å². The van der Waals surface area contributed by atoms with Crippen molar-refractivity contribution in [3.63, 3.8) is 0 Å². The summed E-state index contributed by atoms with van der Waals surface area (Å²) in [5.41, 5.74) is 2.00. The smallest absolute Gasteiger partial charge is 0.122 e. The van der Waals surface area contributed by atoms with E-state index in [0.29, 0.717) is 6.10 Å². The molecule has 1 saturated heterocycles. The Morgan fingerprint density at radius 2 is 2.33 bits per heavy atom. The lowest BCUT2D eigenvalue weighted by Crippen LogP contribution is -2.31. The monoisotopic (exact) mass is 250 g/mol. The van der Waals surface area contributed by atoms with Gasteiger partial charge in [-0.3, -0.25) is 4.98 Å². The number of methoxy groups -OCH3 is 1. The number of rotatable bonds is 5. The fourth-order valence-electron chi connectivity index (χ4n) is 2.24. The maximum absolute atomic E-state index is 5.68. The van der Waals surface area contributed by atoms with Crippen LogP contribution in [0.15, 0.2) is 12.1 Å². The molecule has 2 heterocycles. The zero-order valence-corrected chi connectivity index (χ0v) is 11.2. The molecule has 0 spiro atoms. The minimum Gasteiger partial charge on any atom is -0.497 e. The topological polar surface area (TPSA) is 43.4 Å². The number of aryl methyl sites for hydroxylation is 1. The number of aromatic nitrogens is 1. The predicted molar refractivity (Wildman–Crippen MR) is 70.8 cm³/mol. The van der Waals surface area contributed by atoms with E-state index in [-0.39, 0.29) is 0 Å². The summed E-state index contributed by atoms with van der Waals surface area (Å²) in [4.78, 5) is 4.48. The molecule has 1 aromatic rings. The molecule has 2 rings (SSSR count). The van der Waals surface area contributed by atoms with Gasteiger partial charge in [-0.05, 0) is 26.2 Å². The summed E-state index contributed by atoms with van der Waals surface area (Å²) in [6, 6.07) is 3.91. The van der Waals surface area contributed by atoms with Crippen LogP contribution >= 0.6 is 0 Å². The number of ether oxygens (including phenoxy) is 2. The highest BCUT2D eigenvalue weighted by Gasteiger charge is 2.13. The first-order valence-electron chi connectivity index (χ1n) is 6.62. The van der Waals surface area contributed by atoms with Crippen LogP contribution in [-0.4, -0.2) is 31.3 Å². The molecule has 1 aromatic heterocycles. The summed E-state index contributed by atoms with van der Waals surface area (Å²) in [6.07, 6.45) is 4.01. The van der Waals surface area contributed by atoms with Crippen molar-refractivity contribution in [2.75, 3.05) is 20.3 Å². The van der Waals surface area contributed by atoms with Gasteiger partial charge in [0.1, 0.15) is 5.75 Å². The highest BCUT2D eigenvalue weighted by Crippen LogP contribution is 2.14. The predicted octanol–water partition coefficient (Wildman–Crippen LogP) is 2.06. The van der Waals surface area contributed by atoms with E-state index in [0.717, 1.165) is 43.3 Å². The van der Waals surface area contributed by atoms with Gasteiger partial charge in [-0.1, -0.05) is 0 Å². The van der Waals surface area contributed by atoms with Crippen molar-refractivity contribution in [1.82, 2.24) is 10.3 Å². The Balaban J connectivity index is 1.80. The van der Waals surface area contributed by atoms with Crippen LogP contribution in [0.3, 0.4) is 0 Å². The molecule has 1 fully saturated rings. The van der Waals surface area contributed by atoms with E-state index in [1.54, 1.807) is 7.11 Å². The lowest BCUT2D eigenvalue weighted by atomic mass is 10.1. The first-order chi connectivity index (χ1) is 8.78. The van der Waals surface area contributed by atoms with Crippen LogP contribution in [0.5, 0.6) is 5.75 Å². The largest absolute Gasteiger partial charge is 0.497 e. The zero-order chi connectivity index (χ0) is 12.8. The highest BCUT2D eigenvalue weighted by molar-refractivity contribution is 5.26. The zero-order valence-electron chi connectivity index (χ0n) is 11.2. The Morgan fingerprint density at radius 3 is 3.06 bits per heavy atom. The Hall–Kier alpha value is -1.13. The second-order valence-electron chi connectivity index (χ2n) is 4.76. The van der Waals surface area contributed by atoms with Crippen LogP contribution < -0.4 is 10.1 Å². The molecular weight excluding hydrogens is 228 g/mol. The molecule has 0 bridgehead atoms. The van der Waals surface area contributed by atoms with Crippen LogP contribution in [0.4, 0.5) is 0 Å². The Labute approximate surface area is 109 Å². The number of nitrogens with zero attached hydrogens (tertiary/aromatic N) is 1. The Morgan fingerprint density at radius 1 is 1.44 bits per heavy atom. The molecule has 0 saturated carbocycles. The first kappa shape index (κ1) is 13.3. The van der Waals surface area contributed by atoms with Gasteiger partial charge in [-0.25, -0.2) is 0 Å². The van der Waals surface area contributed by atoms with Gasteiger partial charge >= 0.3 is 0 Å². The molecule has 0 aliphatic carbocycles. The minimum absolute atomic E-state index is 0.366. The van der Waals surface area contributed by atoms with Gasteiger partial charge in [0, 0.05) is 37.5 Å². The number of hydrogen-bond acceptors (Lipinski definition) is 4. The number of hydrogen-bond donors (Lipinski definition) is 1. The van der Waals surface area contributed by atoms with Crippen LogP contribution in [0, 0.1) is 6.92 Å². The summed E-state index contributed by atoms with van der Waals surface area (Å²) in [7, 11) is 1.68. The van der Waals surface area contributed by atoms with Gasteiger partial charge < -0.3 is 14.8 Å². The molecule has 4 nitrogen and oxygen atoms in total. The van der Waals surface area contributed by atoms with E-state index < -0.39 is 0 Å². The molecule has 0 amide bonds. The van der Waals surface area contributed by atoms with E-state index in [1.165, 1.54) is 12.8 Å². The van der Waals surface area contributed by atoms with Crippen LogP contribution in [0.2, 0.25) is 0 Å². The maximum Gasteiger partial charge on any atom is 0.122 e. The van der Waals surface area contributed by atoms with E-state index in [9.17, 15) is 0 Å². The van der Waals surface area contributed by atoms with Crippen molar-refractivity contribution < 1.29 is 9.47 Å². The molecule has 100 valence electrons. The third-order valence-corrected chi connectivity index (χ3v) is 3.17. The fourth-order valence-corrected chi connectivity index (χ4v) is 2.24. The second-order valence-corrected chi connectivity index (χ2v) is 4.76. The summed E-state index contributed by atoms with van der Waals surface area (Å²) in [5, 5.41) is 3.41. The summed E-state index contributed by atoms with van der Waals surface area (Å²) in [6.45, 7) is 4.55. The molecule has 0 radical (unpaired) electrons. The Bertz CT molecular complexity index is 376. The van der Waals surface area contributed by atoms with Crippen LogP contribution in [-0.2, 0) is 11.3 Å². The quantitative estimate of drug-likeness (QED) is 0.868. The third-order valence-electron chi connectivity index (χ3n) is 3.17. The fraction of sp³-hybridized carbons (Fsp3) is 0.643. The van der Waals surface area contributed by atoms with Crippen LogP contribution in [0.1, 0.15) is 30.7 Å². The van der Waals surface area contributed by atoms with E-state index in [4.69, 9.17) is 9.47 Å². The van der Waals surface area contributed by atoms with Crippen molar-refractivity contribution in [2.24, 2.45) is 0 Å². The van der Waals surface area contributed by atoms with Crippen molar-refractivity contribution >= 4 is 0 Å². The number of nitrogens with one attached hydrogen (secondary N) is 1. The molecule has 1 aliphatic rings. The average molecular weight is 250 g/mol. The maximum atomic E-state index is 5.68. The van der Waals surface area contributed by atoms with Crippen LogP contribution in [0.25, 0.3) is 0 Å². The van der Waals surface area contributed by atoms with Crippen molar-refractivity contribution in [3.05, 3.63) is 23.5 Å². The summed E-state index contributed by atoms with van der Waals surface area (Å²) in [5.74, 6) is 0.869. The van der Waals surface area contributed by atoms with Crippen molar-refractivity contribution in [2.45, 2.75) is 38.8 Å². The van der Waals surface area contributed by atoms with Crippen molar-refractivity contribution in [1.29, 1.82) is 0 Å². The van der Waals surface area contributed by atoms with Crippen molar-refractivity contribution in [3.8, 4) is 5.75 Å². The molecular formula is C14H22N2O2. The molecule has 0 aromatic carbocycles. The lowest BCUT2D eigenvalue weighted by Gasteiger charge is -2.22. The average Bonchev–Trinajstić information content (AvgIpc) is 2.39. The lowest BCUT2D eigenvalue weighted by molar-refractivity contribution is 0.0167. The normalized spacial score (nSPS) is 19.8. The molecule has 1 unspecified atom stereocenters. The summed E-state index contributed by atoms with van der Waals surface area (Å²) < 4.78 is 10.9. The molecule has 18 heavy (non-hydrogen) atoms. The molecule has 1 N–H and O–H groups in total. The number of pyridine rings is 1. The van der Waals surface area contributed by atoms with Gasteiger partial charge in [0.15, 0.2) is 0 Å². The Kier molecular flexibility index (Phi) is 4.96. The standard InChI is InChI=1S/C14H22N2O2/c1-11-7-14(17-2)8-12(16-11)9-15-10-13-5-3-4-6-18-13/h7-8,13,15H,3-6,9-10H2,1-2H3. The first-order valence-corrected chi connectivity index (χ1v) is 6.62. The summed E-state index contributed by atoms with van der Waals surface area (Å²) >= 11 is 0. The molecule has 4 heteroatoms. The minimum atomic E-state index is 0.366. The third kappa shape index (κ3) is 3.96. The van der Waals surface area contributed by atoms with Gasteiger partial charge in [0.2, 0.25) is 0 Å². The molecule has 1 atom stereocenters. The van der Waals surface area contributed by atoms with E-state index >= 15 is 0 Å². The van der Waals surface area contributed by atoms with E-state index in [2.05, 4.69) is 10.3 Å². The molecule has 1 aliphatic heterocycles. The van der Waals surface area contributed by atoms with Gasteiger partial charge in [0.25, 0.3) is 0 Å². The SMILES string of the molecule is COc1cc(C)nc(CNCC2CCCCO2)c1. The van der Waals surface area contributed by atoms with Gasteiger partial charge in [-0.15, -0.1) is 0 Å².